The van der Waals surface area contributed by atoms with Gasteiger partial charge in [-0.1, -0.05) is 69.7 Å². The number of benzene rings is 2. The van der Waals surface area contributed by atoms with Crippen molar-refractivity contribution < 1.29 is 9.53 Å². The Balaban J connectivity index is 1.74. The first-order chi connectivity index (χ1) is 14.0. The number of para-hydroxylation sites is 2. The minimum Gasteiger partial charge on any atom is -0.493 e. The largest absolute Gasteiger partial charge is 0.493 e. The Kier molecular flexibility index (Phi) is 5.12. The number of nitrogens with one attached hydrogen (secondary N) is 1. The first-order valence-electron chi connectivity index (χ1n) is 10.6. The van der Waals surface area contributed by atoms with E-state index < -0.39 is 5.66 Å². The summed E-state index contributed by atoms with van der Waals surface area (Å²) < 4.78 is 6.01. The van der Waals surface area contributed by atoms with E-state index in [4.69, 9.17) is 4.74 Å². The van der Waals surface area contributed by atoms with E-state index in [0.717, 1.165) is 24.2 Å². The van der Waals surface area contributed by atoms with Gasteiger partial charge in [-0.3, -0.25) is 4.79 Å². The van der Waals surface area contributed by atoms with E-state index in [1.165, 1.54) is 11.3 Å². The highest BCUT2D eigenvalue weighted by atomic mass is 16.5. The molecule has 1 fully saturated rings. The minimum atomic E-state index is -0.595. The van der Waals surface area contributed by atoms with Crippen LogP contribution in [0.2, 0.25) is 0 Å². The fraction of sp³-hybridized carbons (Fsp3) is 0.400. The van der Waals surface area contributed by atoms with E-state index in [1.54, 1.807) is 0 Å². The molecule has 0 aromatic heterocycles. The molecule has 4 nitrogen and oxygen atoms in total. The Morgan fingerprint density at radius 2 is 1.90 bits per heavy atom. The van der Waals surface area contributed by atoms with Gasteiger partial charge in [0.1, 0.15) is 11.4 Å². The second kappa shape index (κ2) is 7.58. The topological polar surface area (TPSA) is 41.6 Å². The number of nitrogens with zero attached hydrogens (tertiary/aromatic N) is 1. The third-order valence-electron chi connectivity index (χ3n) is 6.32. The molecule has 0 spiro atoms. The first kappa shape index (κ1) is 19.6. The van der Waals surface area contributed by atoms with Crippen LogP contribution in [0.3, 0.4) is 0 Å². The highest BCUT2D eigenvalue weighted by Crippen LogP contribution is 2.52. The molecule has 0 bridgehead atoms. The number of carbonyl (C=O) groups is 1. The Bertz CT molecular complexity index is 934. The molecule has 4 rings (SSSR count). The van der Waals surface area contributed by atoms with Gasteiger partial charge in [0.2, 0.25) is 5.91 Å². The van der Waals surface area contributed by atoms with Crippen LogP contribution in [0.4, 0.5) is 5.69 Å². The second-order valence-electron chi connectivity index (χ2n) is 8.43. The maximum Gasteiger partial charge on any atom is 0.223 e. The lowest BCUT2D eigenvalue weighted by atomic mass is 9.74. The molecular weight excluding hydrogens is 360 g/mol. The predicted molar refractivity (Wildman–Crippen MR) is 118 cm³/mol. The van der Waals surface area contributed by atoms with Crippen LogP contribution in [0.1, 0.15) is 51.2 Å². The first-order valence-corrected chi connectivity index (χ1v) is 10.6. The van der Waals surface area contributed by atoms with Crippen LogP contribution in [0, 0.1) is 0 Å². The molecule has 2 aromatic rings. The minimum absolute atomic E-state index is 0.0965. The van der Waals surface area contributed by atoms with Gasteiger partial charge in [-0.2, -0.15) is 0 Å². The summed E-state index contributed by atoms with van der Waals surface area (Å²) in [6.07, 6.45) is 6.92. The van der Waals surface area contributed by atoms with Gasteiger partial charge in [0.15, 0.2) is 0 Å². The third kappa shape index (κ3) is 3.21. The van der Waals surface area contributed by atoms with Gasteiger partial charge in [-0.25, -0.2) is 0 Å². The summed E-state index contributed by atoms with van der Waals surface area (Å²) in [5.41, 5.74) is 2.63. The van der Waals surface area contributed by atoms with Crippen LogP contribution in [-0.2, 0) is 10.2 Å². The number of unbranched alkanes of at least 4 members (excludes halogenated alkanes) is 1. The Morgan fingerprint density at radius 1 is 1.14 bits per heavy atom. The SMILES string of the molecule is CCCCOc1ccccc1C=C[C@@]12NC(=O)CCN1c1ccccc1C2(C)C. The van der Waals surface area contributed by atoms with E-state index in [9.17, 15) is 4.79 Å². The molecule has 0 saturated carbocycles. The molecule has 152 valence electrons. The Hall–Kier alpha value is -2.75. The van der Waals surface area contributed by atoms with Crippen molar-refractivity contribution in [2.24, 2.45) is 0 Å². The van der Waals surface area contributed by atoms with Crippen LogP contribution in [0.5, 0.6) is 5.75 Å². The van der Waals surface area contributed by atoms with Gasteiger partial charge in [0.05, 0.1) is 6.61 Å². The zero-order valence-electron chi connectivity index (χ0n) is 17.6. The van der Waals surface area contributed by atoms with Crippen molar-refractivity contribution in [3.63, 3.8) is 0 Å². The summed E-state index contributed by atoms with van der Waals surface area (Å²) in [4.78, 5) is 14.9. The summed E-state index contributed by atoms with van der Waals surface area (Å²) >= 11 is 0. The molecule has 1 N–H and O–H groups in total. The standard InChI is InChI=1S/C25H30N2O2/c1-4-5-18-29-22-13-9-6-10-19(22)14-16-25-24(2,3)20-11-7-8-12-21(20)27(25)17-15-23(28)26-25/h6-14,16H,4-5,15,17-18H2,1-3H3,(H,26,28)/t25-/m1/s1. The molecule has 2 aromatic carbocycles. The normalized spacial score (nSPS) is 22.3. The molecule has 29 heavy (non-hydrogen) atoms. The lowest BCUT2D eigenvalue weighted by Crippen LogP contribution is -2.68. The lowest BCUT2D eigenvalue weighted by molar-refractivity contribution is -0.124. The van der Waals surface area contributed by atoms with Crippen molar-refractivity contribution >= 4 is 17.7 Å². The second-order valence-corrected chi connectivity index (χ2v) is 8.43. The van der Waals surface area contributed by atoms with Gasteiger partial charge in [-0.15, -0.1) is 0 Å². The Labute approximate surface area is 173 Å². The van der Waals surface area contributed by atoms with E-state index >= 15 is 0 Å². The highest BCUT2D eigenvalue weighted by molar-refractivity contribution is 5.84. The molecule has 2 aliphatic rings. The molecule has 0 unspecified atom stereocenters. The summed E-state index contributed by atoms with van der Waals surface area (Å²) in [5, 5.41) is 3.33. The summed E-state index contributed by atoms with van der Waals surface area (Å²) in [6.45, 7) is 8.02. The Morgan fingerprint density at radius 3 is 2.72 bits per heavy atom. The van der Waals surface area contributed by atoms with Crippen molar-refractivity contribution in [2.75, 3.05) is 18.1 Å². The number of carbonyl (C=O) groups excluding carboxylic acids is 1. The van der Waals surface area contributed by atoms with E-state index in [0.29, 0.717) is 19.6 Å². The average Bonchev–Trinajstić information content (AvgIpc) is 2.91. The van der Waals surface area contributed by atoms with Gasteiger partial charge < -0.3 is 15.0 Å². The molecule has 2 aliphatic heterocycles. The number of hydrogen-bond donors (Lipinski definition) is 1. The molecule has 0 radical (unpaired) electrons. The van der Waals surface area contributed by atoms with Crippen LogP contribution in [-0.4, -0.2) is 24.7 Å². The van der Waals surface area contributed by atoms with Gasteiger partial charge >= 0.3 is 0 Å². The molecule has 4 heteroatoms. The van der Waals surface area contributed by atoms with Gasteiger partial charge in [0, 0.05) is 29.6 Å². The van der Waals surface area contributed by atoms with Crippen LogP contribution >= 0.6 is 0 Å². The lowest BCUT2D eigenvalue weighted by Gasteiger charge is -2.49. The monoisotopic (exact) mass is 390 g/mol. The zero-order chi connectivity index (χ0) is 20.5. The predicted octanol–water partition coefficient (Wildman–Crippen LogP) is 4.89. The van der Waals surface area contributed by atoms with E-state index in [2.05, 4.69) is 73.5 Å². The fourth-order valence-corrected chi connectivity index (χ4v) is 4.61. The van der Waals surface area contributed by atoms with Crippen molar-refractivity contribution in [3.8, 4) is 5.75 Å². The van der Waals surface area contributed by atoms with Crippen molar-refractivity contribution in [3.05, 3.63) is 65.7 Å². The summed E-state index contributed by atoms with van der Waals surface area (Å²) in [5.74, 6) is 0.981. The number of amides is 1. The zero-order valence-corrected chi connectivity index (χ0v) is 17.6. The molecule has 0 aliphatic carbocycles. The quantitative estimate of drug-likeness (QED) is 0.714. The fourth-order valence-electron chi connectivity index (χ4n) is 4.61. The molecular formula is C25H30N2O2. The smallest absolute Gasteiger partial charge is 0.223 e. The van der Waals surface area contributed by atoms with Crippen molar-refractivity contribution in [1.82, 2.24) is 5.32 Å². The summed E-state index contributed by atoms with van der Waals surface area (Å²) in [6, 6.07) is 16.6. The number of rotatable bonds is 6. The number of anilines is 1. The summed E-state index contributed by atoms with van der Waals surface area (Å²) in [7, 11) is 0. The van der Waals surface area contributed by atoms with Crippen LogP contribution in [0.15, 0.2) is 54.6 Å². The number of fused-ring (bicyclic) bond motifs is 3. The third-order valence-corrected chi connectivity index (χ3v) is 6.32. The highest BCUT2D eigenvalue weighted by Gasteiger charge is 2.57. The molecule has 1 amide bonds. The average molecular weight is 391 g/mol. The van der Waals surface area contributed by atoms with Crippen LogP contribution in [0.25, 0.3) is 6.08 Å². The molecule has 2 heterocycles. The maximum atomic E-state index is 12.5. The molecule has 1 atom stereocenters. The van der Waals surface area contributed by atoms with Gasteiger partial charge in [-0.05, 0) is 30.2 Å². The number of hydrogen-bond acceptors (Lipinski definition) is 3. The van der Waals surface area contributed by atoms with Crippen molar-refractivity contribution in [1.29, 1.82) is 0 Å². The van der Waals surface area contributed by atoms with Gasteiger partial charge in [0.25, 0.3) is 0 Å². The van der Waals surface area contributed by atoms with E-state index in [-0.39, 0.29) is 11.3 Å². The van der Waals surface area contributed by atoms with E-state index in [1.807, 2.05) is 18.2 Å². The van der Waals surface area contributed by atoms with Crippen molar-refractivity contribution in [2.45, 2.75) is 51.1 Å². The maximum absolute atomic E-state index is 12.5. The van der Waals surface area contributed by atoms with Crippen LogP contribution < -0.4 is 15.0 Å². The number of ether oxygens (including phenoxy) is 1. The molecule has 1 saturated heterocycles.